The molecular formula is C13H19N3. The molecule has 0 aliphatic rings. The fourth-order valence-electron chi connectivity index (χ4n) is 1.99. The van der Waals surface area contributed by atoms with Crippen molar-refractivity contribution >= 4 is 11.0 Å². The minimum Gasteiger partial charge on any atom is -0.327 e. The lowest BCUT2D eigenvalue weighted by Crippen LogP contribution is -2.35. The van der Waals surface area contributed by atoms with Crippen LogP contribution in [0.15, 0.2) is 24.3 Å². The fourth-order valence-corrected chi connectivity index (χ4v) is 1.99. The number of imidazole rings is 1. The van der Waals surface area contributed by atoms with Gasteiger partial charge in [0.25, 0.3) is 0 Å². The van der Waals surface area contributed by atoms with Crippen LogP contribution in [-0.2, 0) is 12.1 Å². The van der Waals surface area contributed by atoms with Gasteiger partial charge in [-0.25, -0.2) is 4.98 Å². The van der Waals surface area contributed by atoms with Crippen LogP contribution in [0.3, 0.4) is 0 Å². The van der Waals surface area contributed by atoms with E-state index in [9.17, 15) is 0 Å². The number of fused-ring (bicyclic) bond motifs is 1. The third kappa shape index (κ3) is 1.61. The lowest BCUT2D eigenvalue weighted by Gasteiger charge is -2.23. The van der Waals surface area contributed by atoms with E-state index < -0.39 is 0 Å². The van der Waals surface area contributed by atoms with Gasteiger partial charge in [0.05, 0.1) is 16.6 Å². The van der Waals surface area contributed by atoms with E-state index in [0.29, 0.717) is 0 Å². The second-order valence-electron chi connectivity index (χ2n) is 4.44. The molecule has 0 aliphatic heterocycles. The monoisotopic (exact) mass is 217 g/mol. The van der Waals surface area contributed by atoms with E-state index in [-0.39, 0.29) is 5.54 Å². The number of benzene rings is 1. The van der Waals surface area contributed by atoms with Crippen molar-refractivity contribution in [2.24, 2.45) is 5.73 Å². The molecule has 86 valence electrons. The van der Waals surface area contributed by atoms with Gasteiger partial charge in [-0.2, -0.15) is 0 Å². The van der Waals surface area contributed by atoms with E-state index in [0.717, 1.165) is 24.3 Å². The summed E-state index contributed by atoms with van der Waals surface area (Å²) < 4.78 is 2.21. The number of hydrogen-bond acceptors (Lipinski definition) is 2. The number of aromatic nitrogens is 2. The molecule has 2 aromatic rings. The molecule has 0 saturated heterocycles. The number of hydrogen-bond donors (Lipinski definition) is 1. The highest BCUT2D eigenvalue weighted by Gasteiger charge is 2.25. The van der Waals surface area contributed by atoms with Crippen molar-refractivity contribution in [3.05, 3.63) is 30.1 Å². The average molecular weight is 217 g/mol. The van der Waals surface area contributed by atoms with Crippen LogP contribution in [0.4, 0.5) is 0 Å². The van der Waals surface area contributed by atoms with Crippen LogP contribution in [0, 0.1) is 0 Å². The summed E-state index contributed by atoms with van der Waals surface area (Å²) in [7, 11) is 0. The van der Waals surface area contributed by atoms with Gasteiger partial charge in [0.15, 0.2) is 0 Å². The standard InChI is InChI=1S/C13H19N3/c1-4-13(3,14)12-15-10-8-6-7-9-11(10)16(12)5-2/h6-9H,4-5,14H2,1-3H3. The Morgan fingerprint density at radius 1 is 1.31 bits per heavy atom. The van der Waals surface area contributed by atoms with Gasteiger partial charge in [-0.15, -0.1) is 0 Å². The molecule has 3 heteroatoms. The highest BCUT2D eigenvalue weighted by Crippen LogP contribution is 2.25. The van der Waals surface area contributed by atoms with E-state index in [4.69, 9.17) is 5.73 Å². The van der Waals surface area contributed by atoms with Crippen molar-refractivity contribution in [2.75, 3.05) is 0 Å². The quantitative estimate of drug-likeness (QED) is 0.859. The summed E-state index contributed by atoms with van der Waals surface area (Å²) in [5, 5.41) is 0. The lowest BCUT2D eigenvalue weighted by molar-refractivity contribution is 0.426. The van der Waals surface area contributed by atoms with E-state index >= 15 is 0 Å². The molecule has 1 heterocycles. The van der Waals surface area contributed by atoms with Gasteiger partial charge >= 0.3 is 0 Å². The number of rotatable bonds is 3. The Morgan fingerprint density at radius 3 is 2.62 bits per heavy atom. The highest BCUT2D eigenvalue weighted by molar-refractivity contribution is 5.76. The Bertz CT molecular complexity index is 497. The van der Waals surface area contributed by atoms with Crippen LogP contribution in [0.25, 0.3) is 11.0 Å². The molecule has 0 amide bonds. The van der Waals surface area contributed by atoms with E-state index in [1.807, 2.05) is 25.1 Å². The van der Waals surface area contributed by atoms with Gasteiger partial charge in [0.1, 0.15) is 5.82 Å². The van der Waals surface area contributed by atoms with Crippen molar-refractivity contribution in [2.45, 2.75) is 39.3 Å². The van der Waals surface area contributed by atoms with Gasteiger partial charge in [-0.3, -0.25) is 0 Å². The first-order chi connectivity index (χ1) is 7.60. The SMILES string of the molecule is CCn1c(C(C)(N)CC)nc2ccccc21. The summed E-state index contributed by atoms with van der Waals surface area (Å²) >= 11 is 0. The Morgan fingerprint density at radius 2 is 2.00 bits per heavy atom. The Kier molecular flexibility index (Phi) is 2.72. The molecule has 2 rings (SSSR count). The molecule has 2 N–H and O–H groups in total. The summed E-state index contributed by atoms with van der Waals surface area (Å²) in [5.74, 6) is 0.985. The van der Waals surface area contributed by atoms with Crippen LogP contribution in [0.1, 0.15) is 33.0 Å². The molecule has 16 heavy (non-hydrogen) atoms. The highest BCUT2D eigenvalue weighted by atomic mass is 15.1. The van der Waals surface area contributed by atoms with Crippen LogP contribution >= 0.6 is 0 Å². The smallest absolute Gasteiger partial charge is 0.129 e. The first-order valence-electron chi connectivity index (χ1n) is 5.84. The topological polar surface area (TPSA) is 43.8 Å². The minimum atomic E-state index is -0.352. The van der Waals surface area contributed by atoms with Crippen molar-refractivity contribution in [1.29, 1.82) is 0 Å². The molecule has 1 aromatic carbocycles. The second kappa shape index (κ2) is 3.91. The lowest BCUT2D eigenvalue weighted by atomic mass is 9.99. The van der Waals surface area contributed by atoms with Crippen molar-refractivity contribution in [3.63, 3.8) is 0 Å². The number of nitrogens with two attached hydrogens (primary N) is 1. The summed E-state index contributed by atoms with van der Waals surface area (Å²) in [4.78, 5) is 4.66. The van der Waals surface area contributed by atoms with Gasteiger partial charge in [0, 0.05) is 6.54 Å². The summed E-state index contributed by atoms with van der Waals surface area (Å²) in [6.07, 6.45) is 0.885. The van der Waals surface area contributed by atoms with Crippen molar-refractivity contribution < 1.29 is 0 Å². The van der Waals surface area contributed by atoms with Gasteiger partial charge in [0.2, 0.25) is 0 Å². The predicted octanol–water partition coefficient (Wildman–Crippen LogP) is 2.64. The van der Waals surface area contributed by atoms with Crippen molar-refractivity contribution in [1.82, 2.24) is 9.55 Å². The van der Waals surface area contributed by atoms with Crippen LogP contribution < -0.4 is 5.73 Å². The largest absolute Gasteiger partial charge is 0.327 e. The molecular weight excluding hydrogens is 198 g/mol. The second-order valence-corrected chi connectivity index (χ2v) is 4.44. The summed E-state index contributed by atoms with van der Waals surface area (Å²) in [6.45, 7) is 7.17. The van der Waals surface area contributed by atoms with Gasteiger partial charge < -0.3 is 10.3 Å². The maximum Gasteiger partial charge on any atom is 0.129 e. The van der Waals surface area contributed by atoms with Crippen LogP contribution in [0.5, 0.6) is 0 Å². The molecule has 3 nitrogen and oxygen atoms in total. The maximum absolute atomic E-state index is 6.29. The first-order valence-corrected chi connectivity index (χ1v) is 5.84. The normalized spacial score (nSPS) is 15.2. The zero-order valence-corrected chi connectivity index (χ0v) is 10.2. The Hall–Kier alpha value is -1.35. The van der Waals surface area contributed by atoms with E-state index in [2.05, 4.69) is 29.5 Å². The minimum absolute atomic E-state index is 0.352. The molecule has 1 aromatic heterocycles. The predicted molar refractivity (Wildman–Crippen MR) is 67.2 cm³/mol. The molecule has 0 saturated carbocycles. The molecule has 0 bridgehead atoms. The van der Waals surface area contributed by atoms with Gasteiger partial charge in [-0.05, 0) is 32.4 Å². The third-order valence-electron chi connectivity index (χ3n) is 3.22. The Balaban J connectivity index is 2.70. The first kappa shape index (κ1) is 11.1. The summed E-state index contributed by atoms with van der Waals surface area (Å²) in [5.41, 5.74) is 8.15. The van der Waals surface area contributed by atoms with Crippen LogP contribution in [0.2, 0.25) is 0 Å². The van der Waals surface area contributed by atoms with Gasteiger partial charge in [-0.1, -0.05) is 19.1 Å². The average Bonchev–Trinajstić information content (AvgIpc) is 2.68. The molecule has 0 aliphatic carbocycles. The third-order valence-corrected chi connectivity index (χ3v) is 3.22. The van der Waals surface area contributed by atoms with E-state index in [1.165, 1.54) is 5.52 Å². The molecule has 1 atom stereocenters. The number of nitrogens with zero attached hydrogens (tertiary/aromatic N) is 2. The molecule has 0 spiro atoms. The zero-order chi connectivity index (χ0) is 11.8. The molecule has 0 radical (unpaired) electrons. The summed E-state index contributed by atoms with van der Waals surface area (Å²) in [6, 6.07) is 8.19. The maximum atomic E-state index is 6.29. The molecule has 1 unspecified atom stereocenters. The number of para-hydroxylation sites is 2. The van der Waals surface area contributed by atoms with Crippen LogP contribution in [-0.4, -0.2) is 9.55 Å². The van der Waals surface area contributed by atoms with Crippen molar-refractivity contribution in [3.8, 4) is 0 Å². The zero-order valence-electron chi connectivity index (χ0n) is 10.2. The fraction of sp³-hybridized carbons (Fsp3) is 0.462. The molecule has 0 fully saturated rings. The Labute approximate surface area is 96.3 Å². The number of aryl methyl sites for hydroxylation is 1. The van der Waals surface area contributed by atoms with E-state index in [1.54, 1.807) is 0 Å².